The minimum Gasteiger partial charge on any atom is -0.511 e. The lowest BCUT2D eigenvalue weighted by atomic mass is 9.39. The Kier molecular flexibility index (Phi) is 17.9. The van der Waals surface area contributed by atoms with Crippen LogP contribution < -0.4 is 0 Å². The van der Waals surface area contributed by atoms with Gasteiger partial charge in [-0.1, -0.05) is 158 Å². The molecule has 0 aromatic heterocycles. The number of Topliss-reactive ketones (excluding diaryl/α,β-unsaturated/α-hetero) is 6. The average molecular weight is 1010 g/mol. The fourth-order valence-electron chi connectivity index (χ4n) is 12.3. The standard InChI is InChI=1S/2C33H42O4/c2*1-21(2)14-16-25-20-32(19-18-23(5)6)28(35)26(17-15-22(3)4)29(36)33(30(32)37,31(25,7)8)27(34)24-12-10-9-11-13-24/h2*9-15,18,25,35H,16-17,19-20H2,1-8H3/t2*25-,32+,33-/m00/s1. The van der Waals surface area contributed by atoms with Gasteiger partial charge in [0, 0.05) is 22.3 Å². The normalized spacial score (nSPS) is 26.4. The molecular weight excluding hydrogens is 921 g/mol. The Bertz CT molecular complexity index is 2620. The molecule has 2 aromatic carbocycles. The van der Waals surface area contributed by atoms with E-state index < -0.39 is 67.2 Å². The number of aliphatic hydroxyl groups is 2. The summed E-state index contributed by atoms with van der Waals surface area (Å²) in [6.45, 7) is 31.2. The molecule has 2 aromatic rings. The molecule has 8 heteroatoms. The fraction of sp³-hybridized carbons (Fsp3) is 0.485. The summed E-state index contributed by atoms with van der Waals surface area (Å²) in [6, 6.07) is 17.4. The number of carbonyl (C=O) groups is 6. The monoisotopic (exact) mass is 1000 g/mol. The van der Waals surface area contributed by atoms with Crippen molar-refractivity contribution in [3.8, 4) is 0 Å². The number of aliphatic hydroxyl groups excluding tert-OH is 2. The van der Waals surface area contributed by atoms with Gasteiger partial charge in [-0.3, -0.25) is 28.8 Å². The third kappa shape index (κ3) is 10.1. The number of hydrogen-bond acceptors (Lipinski definition) is 8. The van der Waals surface area contributed by atoms with Gasteiger partial charge in [0.1, 0.15) is 11.5 Å². The van der Waals surface area contributed by atoms with E-state index in [1.165, 1.54) is 0 Å². The summed E-state index contributed by atoms with van der Waals surface area (Å²) in [6.07, 6.45) is 14.8. The second-order valence-electron chi connectivity index (χ2n) is 24.2. The van der Waals surface area contributed by atoms with Crippen molar-refractivity contribution < 1.29 is 39.0 Å². The summed E-state index contributed by atoms with van der Waals surface area (Å²) in [7, 11) is 0. The third-order valence-corrected chi connectivity index (χ3v) is 16.9. The topological polar surface area (TPSA) is 143 Å². The first kappa shape index (κ1) is 58.9. The van der Waals surface area contributed by atoms with E-state index >= 15 is 0 Å². The van der Waals surface area contributed by atoms with Gasteiger partial charge in [0.15, 0.2) is 45.5 Å². The van der Waals surface area contributed by atoms with Gasteiger partial charge in [-0.05, 0) is 157 Å². The molecule has 2 N–H and O–H groups in total. The zero-order chi connectivity index (χ0) is 55.5. The van der Waals surface area contributed by atoms with E-state index in [1.54, 1.807) is 48.5 Å². The molecule has 4 aliphatic rings. The van der Waals surface area contributed by atoms with Crippen LogP contribution in [0, 0.1) is 44.3 Å². The molecule has 0 unspecified atom stereocenters. The van der Waals surface area contributed by atoms with E-state index in [1.807, 2.05) is 147 Å². The lowest BCUT2D eigenvalue weighted by Crippen LogP contribution is -2.69. The van der Waals surface area contributed by atoms with E-state index in [4.69, 9.17) is 0 Å². The van der Waals surface area contributed by atoms with Gasteiger partial charge in [-0.15, -0.1) is 0 Å². The summed E-state index contributed by atoms with van der Waals surface area (Å²) in [5, 5.41) is 23.6. The predicted molar refractivity (Wildman–Crippen MR) is 299 cm³/mol. The van der Waals surface area contributed by atoms with Crippen LogP contribution in [0.25, 0.3) is 0 Å². The molecule has 0 spiro atoms. The number of fused-ring (bicyclic) bond motifs is 4. The molecule has 6 rings (SSSR count). The molecule has 0 aliphatic heterocycles. The van der Waals surface area contributed by atoms with E-state index in [9.17, 15) is 39.0 Å². The van der Waals surface area contributed by atoms with E-state index in [0.29, 0.717) is 36.8 Å². The van der Waals surface area contributed by atoms with Gasteiger partial charge < -0.3 is 10.2 Å². The molecule has 8 nitrogen and oxygen atoms in total. The van der Waals surface area contributed by atoms with Crippen molar-refractivity contribution in [1.29, 1.82) is 0 Å². The molecule has 4 bridgehead atoms. The van der Waals surface area contributed by atoms with Crippen molar-refractivity contribution in [2.24, 2.45) is 44.3 Å². The molecule has 0 heterocycles. The summed E-state index contributed by atoms with van der Waals surface area (Å²) in [4.78, 5) is 87.8. The molecular formula is C66H84O8. The summed E-state index contributed by atoms with van der Waals surface area (Å²) in [5.41, 5.74) is -1.03. The molecule has 6 atom stereocenters. The Morgan fingerprint density at radius 2 is 0.743 bits per heavy atom. The lowest BCUT2D eigenvalue weighted by molar-refractivity contribution is -0.166. The summed E-state index contributed by atoms with van der Waals surface area (Å²) < 4.78 is 0. The van der Waals surface area contributed by atoms with Gasteiger partial charge >= 0.3 is 0 Å². The first-order chi connectivity index (χ1) is 34.5. The number of hydrogen-bond donors (Lipinski definition) is 2. The SMILES string of the molecule is CC(C)=CCC1=C(O)[C@@]2(CC=C(C)C)C[C@H](CC=C(C)C)C(C)(C)[C@@](C(=O)c3ccccc3)(C1=O)C2=O.CC(C)=CCC1=C(O)[C@@]2(CC=C(C)C)C[C@H](CC=C(C)C)C(C)(C)[C@@](C(=O)c3ccccc3)(C1=O)C2=O. The smallest absolute Gasteiger partial charge is 0.184 e. The zero-order valence-corrected chi connectivity index (χ0v) is 47.4. The molecule has 74 heavy (non-hydrogen) atoms. The van der Waals surface area contributed by atoms with Gasteiger partial charge in [0.2, 0.25) is 0 Å². The number of rotatable bonds is 16. The van der Waals surface area contributed by atoms with Crippen molar-refractivity contribution in [1.82, 2.24) is 0 Å². The maximum atomic E-state index is 14.8. The molecule has 0 amide bonds. The quantitative estimate of drug-likeness (QED) is 0.0961. The molecule has 0 radical (unpaired) electrons. The third-order valence-electron chi connectivity index (χ3n) is 16.9. The van der Waals surface area contributed by atoms with Gasteiger partial charge in [-0.25, -0.2) is 0 Å². The number of carbonyl (C=O) groups excluding carboxylic acids is 6. The Morgan fingerprint density at radius 3 is 1.01 bits per heavy atom. The van der Waals surface area contributed by atoms with E-state index in [-0.39, 0.29) is 60.2 Å². The minimum absolute atomic E-state index is 0.147. The Labute approximate surface area is 442 Å². The van der Waals surface area contributed by atoms with Crippen molar-refractivity contribution in [3.05, 3.63) is 164 Å². The van der Waals surface area contributed by atoms with Crippen molar-refractivity contribution >= 4 is 34.7 Å². The van der Waals surface area contributed by atoms with Crippen LogP contribution in [0.4, 0.5) is 0 Å². The van der Waals surface area contributed by atoms with Crippen LogP contribution in [0.2, 0.25) is 0 Å². The molecule has 0 saturated heterocycles. The van der Waals surface area contributed by atoms with Crippen LogP contribution in [0.5, 0.6) is 0 Å². The Balaban J connectivity index is 0.000000274. The van der Waals surface area contributed by atoms with Crippen LogP contribution in [-0.4, -0.2) is 44.9 Å². The zero-order valence-electron chi connectivity index (χ0n) is 47.4. The van der Waals surface area contributed by atoms with E-state index in [0.717, 1.165) is 33.4 Å². The number of benzene rings is 2. The molecule has 4 aliphatic carbocycles. The Hall–Kier alpha value is -6.02. The highest BCUT2D eigenvalue weighted by molar-refractivity contribution is 6.37. The van der Waals surface area contributed by atoms with Crippen LogP contribution in [0.1, 0.15) is 183 Å². The van der Waals surface area contributed by atoms with Gasteiger partial charge in [0.25, 0.3) is 0 Å². The van der Waals surface area contributed by atoms with Crippen molar-refractivity contribution in [3.63, 3.8) is 0 Å². The maximum absolute atomic E-state index is 14.8. The summed E-state index contributed by atoms with van der Waals surface area (Å²) in [5.74, 6) is -3.54. The predicted octanol–water partition coefficient (Wildman–Crippen LogP) is 15.8. The molecule has 2 fully saturated rings. The summed E-state index contributed by atoms with van der Waals surface area (Å²) >= 11 is 0. The van der Waals surface area contributed by atoms with Crippen LogP contribution in [-0.2, 0) is 19.2 Å². The number of ketones is 6. The van der Waals surface area contributed by atoms with Gasteiger partial charge in [-0.2, -0.15) is 0 Å². The lowest BCUT2D eigenvalue weighted by Gasteiger charge is -2.59. The molecule has 396 valence electrons. The second-order valence-corrected chi connectivity index (χ2v) is 24.2. The van der Waals surface area contributed by atoms with Gasteiger partial charge in [0.05, 0.1) is 10.8 Å². The number of allylic oxidation sites excluding steroid dienone is 16. The Morgan fingerprint density at radius 1 is 0.459 bits per heavy atom. The van der Waals surface area contributed by atoms with Crippen LogP contribution in [0.3, 0.4) is 0 Å². The average Bonchev–Trinajstić information content (AvgIpc) is 3.32. The first-order valence-corrected chi connectivity index (χ1v) is 26.5. The highest BCUT2D eigenvalue weighted by atomic mass is 16.3. The maximum Gasteiger partial charge on any atom is 0.184 e. The first-order valence-electron chi connectivity index (χ1n) is 26.5. The molecule has 2 saturated carbocycles. The minimum atomic E-state index is -1.92. The van der Waals surface area contributed by atoms with E-state index in [2.05, 4.69) is 12.2 Å². The second kappa shape index (κ2) is 22.4. The van der Waals surface area contributed by atoms with Crippen LogP contribution >= 0.6 is 0 Å². The van der Waals surface area contributed by atoms with Crippen molar-refractivity contribution in [2.45, 2.75) is 162 Å². The van der Waals surface area contributed by atoms with Crippen molar-refractivity contribution in [2.75, 3.05) is 0 Å². The highest BCUT2D eigenvalue weighted by Crippen LogP contribution is 2.68. The fourth-order valence-corrected chi connectivity index (χ4v) is 12.3. The largest absolute Gasteiger partial charge is 0.511 e. The highest BCUT2D eigenvalue weighted by Gasteiger charge is 2.76. The van der Waals surface area contributed by atoms with Crippen LogP contribution in [0.15, 0.2) is 153 Å².